The average molecular weight is 392 g/mol. The minimum absolute atomic E-state index is 0.0967. The molecule has 28 heavy (non-hydrogen) atoms. The molecule has 1 aromatic rings. The Morgan fingerprint density at radius 1 is 1.29 bits per heavy atom. The van der Waals surface area contributed by atoms with Crippen LogP contribution in [-0.2, 0) is 14.3 Å². The van der Waals surface area contributed by atoms with Crippen molar-refractivity contribution >= 4 is 23.6 Å². The maximum atomic E-state index is 12.9. The number of aliphatic carboxylic acids is 1. The molecule has 0 bridgehead atoms. The molecule has 9 heteroatoms. The predicted octanol–water partition coefficient (Wildman–Crippen LogP) is 0.831. The topological polar surface area (TPSA) is 111 Å². The number of likely N-dealkylation sites (N-methyl/N-ethyl adjacent to an activating group) is 1. The van der Waals surface area contributed by atoms with Gasteiger partial charge in [0.2, 0.25) is 5.91 Å². The number of benzene rings is 1. The molecule has 1 aliphatic heterocycles. The van der Waals surface area contributed by atoms with Crippen molar-refractivity contribution in [2.45, 2.75) is 25.5 Å². The van der Waals surface area contributed by atoms with E-state index in [1.54, 1.807) is 55.0 Å². The lowest BCUT2D eigenvalue weighted by Crippen LogP contribution is -2.60. The lowest BCUT2D eigenvalue weighted by atomic mass is 10.0. The molecule has 154 valence electrons. The number of urea groups is 1. The third-order valence-corrected chi connectivity index (χ3v) is 4.34. The van der Waals surface area contributed by atoms with E-state index in [0.717, 1.165) is 0 Å². The minimum atomic E-state index is -1.10. The molecule has 1 aromatic carbocycles. The quantitative estimate of drug-likeness (QED) is 0.634. The smallest absolute Gasteiger partial charge is 0.320 e. The van der Waals surface area contributed by atoms with Crippen LogP contribution < -0.4 is 10.6 Å². The van der Waals surface area contributed by atoms with Gasteiger partial charge >= 0.3 is 12.0 Å². The van der Waals surface area contributed by atoms with Crippen LogP contribution in [0.4, 0.5) is 10.5 Å². The summed E-state index contributed by atoms with van der Waals surface area (Å²) in [5.74, 6) is -1.13. The van der Waals surface area contributed by atoms with Gasteiger partial charge in [-0.2, -0.15) is 0 Å². The summed E-state index contributed by atoms with van der Waals surface area (Å²) in [7, 11) is 1.69. The number of hydrogen-bond donors (Lipinski definition) is 3. The Bertz CT molecular complexity index is 695. The molecule has 1 heterocycles. The summed E-state index contributed by atoms with van der Waals surface area (Å²) >= 11 is 0. The van der Waals surface area contributed by atoms with Gasteiger partial charge in [0.15, 0.2) is 0 Å². The Morgan fingerprint density at radius 3 is 2.61 bits per heavy atom. The van der Waals surface area contributed by atoms with Crippen molar-refractivity contribution in [2.24, 2.45) is 0 Å². The molecular weight excluding hydrogens is 364 g/mol. The molecule has 0 saturated carbocycles. The van der Waals surface area contributed by atoms with Crippen LogP contribution >= 0.6 is 0 Å². The number of ether oxygens (including phenoxy) is 1. The zero-order valence-electron chi connectivity index (χ0n) is 16.5. The Hall–Kier alpha value is -2.65. The number of carbonyl (C=O) groups is 3. The third-order valence-electron chi connectivity index (χ3n) is 4.34. The van der Waals surface area contributed by atoms with Crippen LogP contribution in [0.25, 0.3) is 0 Å². The van der Waals surface area contributed by atoms with E-state index in [2.05, 4.69) is 10.6 Å². The second kappa shape index (κ2) is 9.52. The summed E-state index contributed by atoms with van der Waals surface area (Å²) in [6.07, 6.45) is -0.281. The van der Waals surface area contributed by atoms with Gasteiger partial charge in [-0.05, 0) is 33.0 Å². The molecule has 3 N–H and O–H groups in total. The van der Waals surface area contributed by atoms with Crippen LogP contribution in [0.1, 0.15) is 13.8 Å². The van der Waals surface area contributed by atoms with E-state index < -0.39 is 17.5 Å². The highest BCUT2D eigenvalue weighted by atomic mass is 16.5. The summed E-state index contributed by atoms with van der Waals surface area (Å²) in [5.41, 5.74) is -0.468. The number of morpholine rings is 1. The number of carboxylic acid groups (broad SMARTS) is 1. The van der Waals surface area contributed by atoms with E-state index >= 15 is 0 Å². The number of carbonyl (C=O) groups excluding carboxylic acids is 2. The largest absolute Gasteiger partial charge is 0.480 e. The molecule has 1 aliphatic rings. The van der Waals surface area contributed by atoms with Crippen molar-refractivity contribution in [2.75, 3.05) is 45.2 Å². The van der Waals surface area contributed by atoms with Crippen LogP contribution in [0.3, 0.4) is 0 Å². The number of amides is 3. The first kappa shape index (κ1) is 21.6. The number of rotatable bonds is 7. The van der Waals surface area contributed by atoms with Crippen molar-refractivity contribution in [3.8, 4) is 0 Å². The molecule has 1 saturated heterocycles. The molecule has 0 radical (unpaired) electrons. The second-order valence-electron chi connectivity index (χ2n) is 7.40. The number of nitrogens with one attached hydrogen (secondary N) is 2. The van der Waals surface area contributed by atoms with Crippen LogP contribution in [0, 0.1) is 0 Å². The van der Waals surface area contributed by atoms with Crippen molar-refractivity contribution in [3.05, 3.63) is 30.3 Å². The molecule has 1 atom stereocenters. The maximum absolute atomic E-state index is 12.9. The fraction of sp³-hybridized carbons (Fsp3) is 0.526. The number of anilines is 1. The highest BCUT2D eigenvalue weighted by molar-refractivity contribution is 5.95. The summed E-state index contributed by atoms with van der Waals surface area (Å²) < 4.78 is 5.66. The fourth-order valence-electron chi connectivity index (χ4n) is 3.07. The number of hydrogen-bond acceptors (Lipinski definition) is 5. The molecule has 3 amide bonds. The van der Waals surface area contributed by atoms with Gasteiger partial charge in [-0.25, -0.2) is 4.79 Å². The molecule has 9 nitrogen and oxygen atoms in total. The molecule has 1 unspecified atom stereocenters. The first-order chi connectivity index (χ1) is 13.2. The summed E-state index contributed by atoms with van der Waals surface area (Å²) in [6, 6.07) is 8.51. The van der Waals surface area contributed by atoms with Crippen molar-refractivity contribution < 1.29 is 24.2 Å². The predicted molar refractivity (Wildman–Crippen MR) is 104 cm³/mol. The van der Waals surface area contributed by atoms with Gasteiger partial charge in [-0.1, -0.05) is 18.2 Å². The zero-order valence-corrected chi connectivity index (χ0v) is 16.5. The highest BCUT2D eigenvalue weighted by Gasteiger charge is 2.36. The zero-order chi connectivity index (χ0) is 20.7. The maximum Gasteiger partial charge on any atom is 0.320 e. The molecular formula is C19H28N4O5. The second-order valence-corrected chi connectivity index (χ2v) is 7.40. The van der Waals surface area contributed by atoms with Gasteiger partial charge in [-0.3, -0.25) is 14.5 Å². The summed E-state index contributed by atoms with van der Waals surface area (Å²) in [4.78, 5) is 39.3. The lowest BCUT2D eigenvalue weighted by Gasteiger charge is -2.38. The third kappa shape index (κ3) is 6.50. The van der Waals surface area contributed by atoms with E-state index in [1.165, 1.54) is 0 Å². The van der Waals surface area contributed by atoms with Gasteiger partial charge in [0.25, 0.3) is 0 Å². The molecule has 2 rings (SSSR count). The highest BCUT2D eigenvalue weighted by Crippen LogP contribution is 2.14. The van der Waals surface area contributed by atoms with Gasteiger partial charge in [0.1, 0.15) is 5.54 Å². The van der Waals surface area contributed by atoms with Crippen LogP contribution in [0.5, 0.6) is 0 Å². The van der Waals surface area contributed by atoms with Crippen molar-refractivity contribution in [1.82, 2.24) is 15.1 Å². The monoisotopic (exact) mass is 392 g/mol. The fourth-order valence-corrected chi connectivity index (χ4v) is 3.07. The normalized spacial score (nSPS) is 17.3. The number of nitrogens with zero attached hydrogens (tertiary/aromatic N) is 2. The molecule has 0 aliphatic carbocycles. The lowest BCUT2D eigenvalue weighted by molar-refractivity contribution is -0.146. The van der Waals surface area contributed by atoms with Gasteiger partial charge in [0.05, 0.1) is 19.3 Å². The van der Waals surface area contributed by atoms with E-state index in [9.17, 15) is 14.4 Å². The molecule has 1 fully saturated rings. The minimum Gasteiger partial charge on any atom is -0.480 e. The first-order valence-corrected chi connectivity index (χ1v) is 9.13. The van der Waals surface area contributed by atoms with Crippen LogP contribution in [0.15, 0.2) is 30.3 Å². The van der Waals surface area contributed by atoms with Gasteiger partial charge in [-0.15, -0.1) is 0 Å². The van der Waals surface area contributed by atoms with E-state index in [-0.39, 0.29) is 18.6 Å². The SMILES string of the molecule is CN(CC(=O)O)CC1CN(C(=O)C(C)(C)NC(=O)Nc2ccccc2)CCO1. The number of carboxylic acids is 1. The Labute approximate surface area is 164 Å². The Balaban J connectivity index is 1.91. The van der Waals surface area contributed by atoms with E-state index in [4.69, 9.17) is 9.84 Å². The average Bonchev–Trinajstić information content (AvgIpc) is 2.60. The molecule has 0 aromatic heterocycles. The van der Waals surface area contributed by atoms with Crippen molar-refractivity contribution in [3.63, 3.8) is 0 Å². The Morgan fingerprint density at radius 2 is 1.96 bits per heavy atom. The number of para-hydroxylation sites is 1. The van der Waals surface area contributed by atoms with Gasteiger partial charge in [0, 0.05) is 25.3 Å². The summed E-state index contributed by atoms with van der Waals surface area (Å²) in [5, 5.41) is 14.3. The van der Waals surface area contributed by atoms with E-state index in [1.807, 2.05) is 6.07 Å². The van der Waals surface area contributed by atoms with Crippen LogP contribution in [-0.4, -0.2) is 84.3 Å². The first-order valence-electron chi connectivity index (χ1n) is 9.13. The van der Waals surface area contributed by atoms with Crippen LogP contribution in [0.2, 0.25) is 0 Å². The molecule has 0 spiro atoms. The van der Waals surface area contributed by atoms with Gasteiger partial charge < -0.3 is 25.4 Å². The van der Waals surface area contributed by atoms with E-state index in [0.29, 0.717) is 31.9 Å². The van der Waals surface area contributed by atoms with Crippen molar-refractivity contribution in [1.29, 1.82) is 0 Å². The Kier molecular flexibility index (Phi) is 7.36. The standard InChI is InChI=1S/C19H28N4O5/c1-19(2,21-18(27)20-14-7-5-4-6-8-14)17(26)23-9-10-28-15(12-23)11-22(3)13-16(24)25/h4-8,15H,9-13H2,1-3H3,(H,24,25)(H2,20,21,27). The summed E-state index contributed by atoms with van der Waals surface area (Å²) in [6.45, 7) is 4.74.